The Kier molecular flexibility index (Phi) is 2.07. The van der Waals surface area contributed by atoms with Crippen LogP contribution in [-0.2, 0) is 0 Å². The minimum absolute atomic E-state index is 0.399. The number of aromatic nitrogens is 3. The molecule has 0 aliphatic heterocycles. The van der Waals surface area contributed by atoms with Gasteiger partial charge in [0.2, 0.25) is 0 Å². The summed E-state index contributed by atoms with van der Waals surface area (Å²) in [6.07, 6.45) is 1.98. The lowest BCUT2D eigenvalue weighted by atomic mass is 10.2. The lowest BCUT2D eigenvalue weighted by molar-refractivity contribution is 0.759. The second kappa shape index (κ2) is 3.10. The summed E-state index contributed by atoms with van der Waals surface area (Å²) in [6, 6.07) is 3.95. The summed E-state index contributed by atoms with van der Waals surface area (Å²) in [4.78, 5) is 0. The molecule has 3 nitrogen and oxygen atoms in total. The second-order valence-corrected chi connectivity index (χ2v) is 4.20. The Morgan fingerprint density at radius 2 is 2.15 bits per heavy atom. The molecule has 4 heteroatoms. The Morgan fingerprint density at radius 3 is 2.85 bits per heavy atom. The van der Waals surface area contributed by atoms with E-state index in [9.17, 15) is 0 Å². The molecule has 0 aliphatic rings. The standard InChI is InChI=1S/C9H10BrN3/c1-6(2)9-12-11-8-5-7(10)3-4-13(8)9/h3-6H,1-2H3. The molecule has 13 heavy (non-hydrogen) atoms. The number of fused-ring (bicyclic) bond motifs is 1. The average molecular weight is 240 g/mol. The smallest absolute Gasteiger partial charge is 0.161 e. The summed E-state index contributed by atoms with van der Waals surface area (Å²) in [5, 5.41) is 8.21. The van der Waals surface area contributed by atoms with Gasteiger partial charge in [0.1, 0.15) is 5.82 Å². The lowest BCUT2D eigenvalue weighted by Gasteiger charge is -2.01. The third-order valence-corrected chi connectivity index (χ3v) is 2.41. The molecule has 0 saturated carbocycles. The van der Waals surface area contributed by atoms with Crippen LogP contribution in [0.3, 0.4) is 0 Å². The van der Waals surface area contributed by atoms with E-state index in [4.69, 9.17) is 0 Å². The molecule has 0 saturated heterocycles. The molecule has 2 rings (SSSR count). The van der Waals surface area contributed by atoms with E-state index in [0.29, 0.717) is 5.92 Å². The Balaban J connectivity index is 2.69. The monoisotopic (exact) mass is 239 g/mol. The van der Waals surface area contributed by atoms with Crippen molar-refractivity contribution in [1.29, 1.82) is 0 Å². The number of nitrogens with zero attached hydrogens (tertiary/aromatic N) is 3. The van der Waals surface area contributed by atoms with Gasteiger partial charge in [-0.15, -0.1) is 10.2 Å². The molecule has 0 radical (unpaired) electrons. The van der Waals surface area contributed by atoms with Gasteiger partial charge >= 0.3 is 0 Å². The maximum atomic E-state index is 4.13. The van der Waals surface area contributed by atoms with Gasteiger partial charge in [0.05, 0.1) is 0 Å². The van der Waals surface area contributed by atoms with Crippen molar-refractivity contribution in [1.82, 2.24) is 14.6 Å². The van der Waals surface area contributed by atoms with Crippen LogP contribution in [0.2, 0.25) is 0 Å². The van der Waals surface area contributed by atoms with Gasteiger partial charge in [0, 0.05) is 16.6 Å². The summed E-state index contributed by atoms with van der Waals surface area (Å²) in [7, 11) is 0. The highest BCUT2D eigenvalue weighted by atomic mass is 79.9. The van der Waals surface area contributed by atoms with E-state index in [0.717, 1.165) is 15.9 Å². The van der Waals surface area contributed by atoms with Gasteiger partial charge in [-0.1, -0.05) is 29.8 Å². The van der Waals surface area contributed by atoms with Crippen molar-refractivity contribution in [2.75, 3.05) is 0 Å². The normalized spacial score (nSPS) is 11.4. The fraction of sp³-hybridized carbons (Fsp3) is 0.333. The SMILES string of the molecule is CC(C)c1nnc2cc(Br)ccn12. The molecule has 0 fully saturated rings. The number of hydrogen-bond donors (Lipinski definition) is 0. The highest BCUT2D eigenvalue weighted by molar-refractivity contribution is 9.10. The van der Waals surface area contributed by atoms with Crippen molar-refractivity contribution >= 4 is 21.6 Å². The molecular weight excluding hydrogens is 230 g/mol. The molecule has 0 atom stereocenters. The van der Waals surface area contributed by atoms with Crippen molar-refractivity contribution in [2.24, 2.45) is 0 Å². The average Bonchev–Trinajstić information content (AvgIpc) is 2.46. The zero-order valence-corrected chi connectivity index (χ0v) is 9.12. The predicted octanol–water partition coefficient (Wildman–Crippen LogP) is 2.62. The third-order valence-electron chi connectivity index (χ3n) is 1.91. The maximum Gasteiger partial charge on any atom is 0.161 e. The van der Waals surface area contributed by atoms with E-state index in [1.54, 1.807) is 0 Å². The van der Waals surface area contributed by atoms with Crippen LogP contribution in [0.5, 0.6) is 0 Å². The highest BCUT2D eigenvalue weighted by Crippen LogP contribution is 2.16. The van der Waals surface area contributed by atoms with E-state index >= 15 is 0 Å². The quantitative estimate of drug-likeness (QED) is 0.766. The summed E-state index contributed by atoms with van der Waals surface area (Å²) in [5.41, 5.74) is 0.887. The number of rotatable bonds is 1. The molecule has 2 heterocycles. The summed E-state index contributed by atoms with van der Waals surface area (Å²) in [5.74, 6) is 1.40. The van der Waals surface area contributed by atoms with Gasteiger partial charge in [-0.05, 0) is 12.1 Å². The fourth-order valence-corrected chi connectivity index (χ4v) is 1.60. The zero-order chi connectivity index (χ0) is 9.42. The first kappa shape index (κ1) is 8.69. The van der Waals surface area contributed by atoms with Gasteiger partial charge in [-0.3, -0.25) is 4.40 Å². The minimum atomic E-state index is 0.399. The van der Waals surface area contributed by atoms with Crippen LogP contribution < -0.4 is 0 Å². The Hall–Kier alpha value is -0.900. The molecule has 0 spiro atoms. The molecule has 2 aromatic rings. The minimum Gasteiger partial charge on any atom is -0.286 e. The molecule has 68 valence electrons. The van der Waals surface area contributed by atoms with Crippen LogP contribution in [0, 0.1) is 0 Å². The highest BCUT2D eigenvalue weighted by Gasteiger charge is 2.08. The van der Waals surface area contributed by atoms with Crippen LogP contribution in [0.15, 0.2) is 22.8 Å². The molecular formula is C9H10BrN3. The number of pyridine rings is 1. The van der Waals surface area contributed by atoms with Gasteiger partial charge in [0.25, 0.3) is 0 Å². The van der Waals surface area contributed by atoms with Gasteiger partial charge in [-0.25, -0.2) is 0 Å². The summed E-state index contributed by atoms with van der Waals surface area (Å²) in [6.45, 7) is 4.22. The Morgan fingerprint density at radius 1 is 1.38 bits per heavy atom. The molecule has 0 N–H and O–H groups in total. The van der Waals surface area contributed by atoms with E-state index in [1.165, 1.54) is 0 Å². The van der Waals surface area contributed by atoms with E-state index in [-0.39, 0.29) is 0 Å². The molecule has 0 amide bonds. The number of halogens is 1. The van der Waals surface area contributed by atoms with E-state index in [1.807, 2.05) is 22.7 Å². The van der Waals surface area contributed by atoms with Crippen LogP contribution >= 0.6 is 15.9 Å². The predicted molar refractivity (Wildman–Crippen MR) is 54.8 cm³/mol. The Labute approximate surface area is 84.9 Å². The van der Waals surface area contributed by atoms with Crippen molar-refractivity contribution in [3.63, 3.8) is 0 Å². The number of hydrogen-bond acceptors (Lipinski definition) is 2. The zero-order valence-electron chi connectivity index (χ0n) is 7.53. The lowest BCUT2D eigenvalue weighted by Crippen LogP contribution is -1.95. The summed E-state index contributed by atoms with van der Waals surface area (Å²) < 4.78 is 3.04. The van der Waals surface area contributed by atoms with Crippen LogP contribution in [-0.4, -0.2) is 14.6 Å². The maximum absolute atomic E-state index is 4.13. The van der Waals surface area contributed by atoms with E-state index in [2.05, 4.69) is 40.0 Å². The molecule has 0 aromatic carbocycles. The van der Waals surface area contributed by atoms with Gasteiger partial charge in [0.15, 0.2) is 5.65 Å². The van der Waals surface area contributed by atoms with Crippen LogP contribution in [0.4, 0.5) is 0 Å². The van der Waals surface area contributed by atoms with Gasteiger partial charge < -0.3 is 0 Å². The largest absolute Gasteiger partial charge is 0.286 e. The van der Waals surface area contributed by atoms with Crippen molar-refractivity contribution in [3.05, 3.63) is 28.6 Å². The molecule has 0 aliphatic carbocycles. The van der Waals surface area contributed by atoms with Crippen LogP contribution in [0.1, 0.15) is 25.6 Å². The summed E-state index contributed by atoms with van der Waals surface area (Å²) >= 11 is 3.40. The first-order chi connectivity index (χ1) is 6.18. The van der Waals surface area contributed by atoms with Crippen molar-refractivity contribution in [3.8, 4) is 0 Å². The first-order valence-electron chi connectivity index (χ1n) is 4.18. The second-order valence-electron chi connectivity index (χ2n) is 3.29. The first-order valence-corrected chi connectivity index (χ1v) is 4.98. The molecule has 0 bridgehead atoms. The molecule has 2 aromatic heterocycles. The van der Waals surface area contributed by atoms with Crippen LogP contribution in [0.25, 0.3) is 5.65 Å². The van der Waals surface area contributed by atoms with Crippen molar-refractivity contribution < 1.29 is 0 Å². The topological polar surface area (TPSA) is 30.2 Å². The Bertz CT molecular complexity index is 433. The van der Waals surface area contributed by atoms with Gasteiger partial charge in [-0.2, -0.15) is 0 Å². The van der Waals surface area contributed by atoms with Crippen molar-refractivity contribution in [2.45, 2.75) is 19.8 Å². The van der Waals surface area contributed by atoms with E-state index < -0.39 is 0 Å². The molecule has 0 unspecified atom stereocenters. The fourth-order valence-electron chi connectivity index (χ4n) is 1.28. The third kappa shape index (κ3) is 1.46.